The Bertz CT molecular complexity index is 890. The molecule has 110 valence electrons. The molecule has 1 aromatic heterocycles. The number of aromatic nitrogens is 1. The summed E-state index contributed by atoms with van der Waals surface area (Å²) in [6.45, 7) is 0. The zero-order valence-electron chi connectivity index (χ0n) is 11.1. The normalized spacial score (nSPS) is 13.4. The third kappa shape index (κ3) is 2.11. The van der Waals surface area contributed by atoms with E-state index in [1.165, 1.54) is 6.07 Å². The van der Waals surface area contributed by atoms with Crippen LogP contribution in [0.1, 0.15) is 5.56 Å². The summed E-state index contributed by atoms with van der Waals surface area (Å²) < 4.78 is 39.4. The topological polar surface area (TPSA) is 24.9 Å². The smallest absolute Gasteiger partial charge is 0.338 e. The number of hydrogen-bond donors (Lipinski definition) is 1. The van der Waals surface area contributed by atoms with Gasteiger partial charge in [0.15, 0.2) is 0 Å². The quantitative estimate of drug-likeness (QED) is 0.466. The summed E-state index contributed by atoms with van der Waals surface area (Å²) in [6, 6.07) is 13.6. The Morgan fingerprint density at radius 3 is 2.64 bits per heavy atom. The first-order valence-corrected chi connectivity index (χ1v) is 7.39. The molecule has 4 rings (SSSR count). The lowest BCUT2D eigenvalue weighted by atomic mass is 10.1. The molecule has 0 radical (unpaired) electrons. The van der Waals surface area contributed by atoms with Crippen molar-refractivity contribution < 1.29 is 13.2 Å². The predicted octanol–water partition coefficient (Wildman–Crippen LogP) is 5.46. The lowest BCUT2D eigenvalue weighted by molar-refractivity contribution is -0.139. The minimum Gasteiger partial charge on any atom is -0.338 e. The van der Waals surface area contributed by atoms with Gasteiger partial charge < -0.3 is 5.32 Å². The molecular formula is C16H9F3N2S. The van der Waals surface area contributed by atoms with Crippen molar-refractivity contribution in [2.75, 3.05) is 5.32 Å². The molecule has 1 aliphatic rings. The molecule has 2 nitrogen and oxygen atoms in total. The third-order valence-electron chi connectivity index (χ3n) is 3.47. The summed E-state index contributed by atoms with van der Waals surface area (Å²) in [5, 5.41) is 3.92. The summed E-state index contributed by atoms with van der Waals surface area (Å²) in [7, 11) is 0. The number of halogens is 3. The van der Waals surface area contributed by atoms with Crippen LogP contribution in [0.15, 0.2) is 58.3 Å². The monoisotopic (exact) mass is 318 g/mol. The molecule has 0 amide bonds. The van der Waals surface area contributed by atoms with Gasteiger partial charge in [0, 0.05) is 10.3 Å². The summed E-state index contributed by atoms with van der Waals surface area (Å²) in [4.78, 5) is 5.38. The number of alkyl halides is 3. The Kier molecular flexibility index (Phi) is 2.84. The zero-order valence-corrected chi connectivity index (χ0v) is 11.9. The zero-order chi connectivity index (χ0) is 15.3. The molecule has 0 saturated heterocycles. The van der Waals surface area contributed by atoms with Gasteiger partial charge in [-0.25, -0.2) is 4.98 Å². The van der Waals surface area contributed by atoms with E-state index in [0.717, 1.165) is 28.7 Å². The molecule has 22 heavy (non-hydrogen) atoms. The van der Waals surface area contributed by atoms with Crippen LogP contribution in [0.25, 0.3) is 10.9 Å². The maximum absolute atomic E-state index is 13.1. The van der Waals surface area contributed by atoms with Crippen LogP contribution in [-0.2, 0) is 6.18 Å². The number of benzene rings is 2. The van der Waals surface area contributed by atoms with Gasteiger partial charge >= 0.3 is 6.18 Å². The molecule has 0 saturated carbocycles. The average molecular weight is 318 g/mol. The Hall–Kier alpha value is -2.21. The second kappa shape index (κ2) is 4.64. The van der Waals surface area contributed by atoms with Crippen molar-refractivity contribution in [3.63, 3.8) is 0 Å². The molecule has 0 bridgehead atoms. The van der Waals surface area contributed by atoms with Gasteiger partial charge in [0.25, 0.3) is 0 Å². The summed E-state index contributed by atoms with van der Waals surface area (Å²) in [5.74, 6) is 0.593. The third-order valence-corrected chi connectivity index (χ3v) is 4.65. The second-order valence-corrected chi connectivity index (χ2v) is 5.99. The minimum absolute atomic E-state index is 0.194. The highest BCUT2D eigenvalue weighted by Crippen LogP contribution is 2.49. The summed E-state index contributed by atoms with van der Waals surface area (Å²) >= 11 is 1.11. The van der Waals surface area contributed by atoms with Gasteiger partial charge in [0.1, 0.15) is 5.82 Å². The van der Waals surface area contributed by atoms with Gasteiger partial charge in [-0.3, -0.25) is 0 Å². The van der Waals surface area contributed by atoms with Crippen molar-refractivity contribution in [2.24, 2.45) is 0 Å². The Labute approximate surface area is 128 Å². The van der Waals surface area contributed by atoms with Gasteiger partial charge in [-0.15, -0.1) is 0 Å². The lowest BCUT2D eigenvalue weighted by Gasteiger charge is -2.23. The van der Waals surface area contributed by atoms with Crippen LogP contribution in [0.5, 0.6) is 0 Å². The van der Waals surface area contributed by atoms with Crippen molar-refractivity contribution >= 4 is 34.2 Å². The number of rotatable bonds is 0. The maximum atomic E-state index is 13.1. The fourth-order valence-corrected chi connectivity index (χ4v) is 3.59. The van der Waals surface area contributed by atoms with Crippen LogP contribution >= 0.6 is 11.8 Å². The lowest BCUT2D eigenvalue weighted by Crippen LogP contribution is -2.11. The van der Waals surface area contributed by atoms with Gasteiger partial charge in [-0.2, -0.15) is 13.2 Å². The van der Waals surface area contributed by atoms with E-state index in [0.29, 0.717) is 16.4 Å². The first-order chi connectivity index (χ1) is 10.5. The maximum Gasteiger partial charge on any atom is 0.417 e. The first-order valence-electron chi connectivity index (χ1n) is 6.57. The van der Waals surface area contributed by atoms with Crippen molar-refractivity contribution in [3.8, 4) is 0 Å². The van der Waals surface area contributed by atoms with Crippen molar-refractivity contribution in [3.05, 3.63) is 54.1 Å². The SMILES string of the molecule is FC(F)(F)c1cccc2c1Sc1cc3ccccc3nc1N2. The molecule has 0 spiro atoms. The molecule has 0 unspecified atom stereocenters. The molecule has 0 aliphatic carbocycles. The van der Waals surface area contributed by atoms with Gasteiger partial charge in [-0.05, 0) is 24.3 Å². The largest absolute Gasteiger partial charge is 0.417 e. The van der Waals surface area contributed by atoms with Crippen molar-refractivity contribution in [1.82, 2.24) is 4.98 Å². The molecular weight excluding hydrogens is 309 g/mol. The van der Waals surface area contributed by atoms with E-state index in [9.17, 15) is 13.2 Å². The highest BCUT2D eigenvalue weighted by atomic mass is 32.2. The number of para-hydroxylation sites is 1. The molecule has 3 aromatic rings. The molecule has 1 N–H and O–H groups in total. The van der Waals surface area contributed by atoms with Crippen LogP contribution < -0.4 is 5.32 Å². The molecule has 6 heteroatoms. The first kappa shape index (κ1) is 13.5. The number of nitrogens with one attached hydrogen (secondary N) is 1. The Morgan fingerprint density at radius 2 is 1.82 bits per heavy atom. The van der Waals surface area contributed by atoms with Crippen LogP contribution in [0, 0.1) is 0 Å². The fourth-order valence-electron chi connectivity index (χ4n) is 2.47. The van der Waals surface area contributed by atoms with E-state index < -0.39 is 11.7 Å². The average Bonchev–Trinajstić information content (AvgIpc) is 2.49. The Morgan fingerprint density at radius 1 is 1.00 bits per heavy atom. The van der Waals surface area contributed by atoms with Crippen LogP contribution in [-0.4, -0.2) is 4.98 Å². The van der Waals surface area contributed by atoms with E-state index in [1.54, 1.807) is 6.07 Å². The van der Waals surface area contributed by atoms with E-state index in [2.05, 4.69) is 10.3 Å². The molecule has 1 aliphatic heterocycles. The molecule has 0 atom stereocenters. The number of pyridine rings is 1. The highest BCUT2D eigenvalue weighted by Gasteiger charge is 2.36. The minimum atomic E-state index is -4.37. The molecule has 2 heterocycles. The van der Waals surface area contributed by atoms with E-state index in [-0.39, 0.29) is 4.90 Å². The van der Waals surface area contributed by atoms with Crippen LogP contribution in [0.4, 0.5) is 24.7 Å². The predicted molar refractivity (Wildman–Crippen MR) is 80.6 cm³/mol. The van der Waals surface area contributed by atoms with Gasteiger partial charge in [0.2, 0.25) is 0 Å². The van der Waals surface area contributed by atoms with E-state index in [4.69, 9.17) is 0 Å². The van der Waals surface area contributed by atoms with Crippen molar-refractivity contribution in [2.45, 2.75) is 16.0 Å². The Balaban J connectivity index is 1.89. The van der Waals surface area contributed by atoms with Gasteiger partial charge in [0.05, 0.1) is 21.7 Å². The summed E-state index contributed by atoms with van der Waals surface area (Å²) in [6.07, 6.45) is -4.37. The highest BCUT2D eigenvalue weighted by molar-refractivity contribution is 7.99. The number of anilines is 2. The van der Waals surface area contributed by atoms with Gasteiger partial charge in [-0.1, -0.05) is 36.0 Å². The van der Waals surface area contributed by atoms with E-state index in [1.807, 2.05) is 30.3 Å². The molecule has 2 aromatic carbocycles. The molecule has 0 fully saturated rings. The fraction of sp³-hybridized carbons (Fsp3) is 0.0625. The number of fused-ring (bicyclic) bond motifs is 3. The second-order valence-electron chi connectivity index (χ2n) is 4.93. The standard InChI is InChI=1S/C16H9F3N2S/c17-16(18,19)10-5-3-7-12-14(10)22-13-8-9-4-1-2-6-11(9)20-15(13)21-12/h1-8H,(H,20,21). The van der Waals surface area contributed by atoms with E-state index >= 15 is 0 Å². The number of nitrogens with zero attached hydrogens (tertiary/aromatic N) is 1. The number of hydrogen-bond acceptors (Lipinski definition) is 3. The van der Waals surface area contributed by atoms with Crippen LogP contribution in [0.2, 0.25) is 0 Å². The summed E-state index contributed by atoms with van der Waals surface area (Å²) in [5.41, 5.74) is 0.626. The van der Waals surface area contributed by atoms with Crippen LogP contribution in [0.3, 0.4) is 0 Å². The van der Waals surface area contributed by atoms with Crippen molar-refractivity contribution in [1.29, 1.82) is 0 Å².